The van der Waals surface area contributed by atoms with Gasteiger partial charge in [0.05, 0.1) is 38.9 Å². The highest BCUT2D eigenvalue weighted by Gasteiger charge is 2.55. The van der Waals surface area contributed by atoms with Crippen LogP contribution in [0.2, 0.25) is 0 Å². The molecule has 464 valence electrons. The van der Waals surface area contributed by atoms with Gasteiger partial charge in [-0.1, -0.05) is 0 Å². The monoisotopic (exact) mass is 1240 g/mol. The molecule has 0 amide bonds. The minimum Gasteiger partial charge on any atom is -0.504 e. The van der Waals surface area contributed by atoms with Crippen LogP contribution in [0.4, 0.5) is 0 Å². The first-order valence-corrected chi connectivity index (χ1v) is 24.3. The molecular weight excluding hydrogens is 1200 g/mol. The van der Waals surface area contributed by atoms with Gasteiger partial charge in [-0.05, 0) is 84.9 Å². The Kier molecular flexibility index (Phi) is 16.9. The zero-order valence-corrected chi connectivity index (χ0v) is 43.8. The molecule has 1 saturated heterocycles. The fourth-order valence-electron chi connectivity index (χ4n) is 8.00. The molecule has 7 aromatic rings. The number of phenolic OH excluding ortho intramolecular Hbond substituents is 19. The first-order chi connectivity index (χ1) is 41.8. The summed E-state index contributed by atoms with van der Waals surface area (Å²) >= 11 is 0. The molecule has 1 fully saturated rings. The Labute approximate surface area is 491 Å². The molecule has 7 aromatic carbocycles. The van der Waals surface area contributed by atoms with Gasteiger partial charge in [0.15, 0.2) is 121 Å². The molecule has 1 aliphatic rings. The summed E-state index contributed by atoms with van der Waals surface area (Å²) in [5.41, 5.74) is -6.13. The lowest BCUT2D eigenvalue weighted by molar-refractivity contribution is -0.282. The van der Waals surface area contributed by atoms with E-state index >= 15 is 0 Å². The summed E-state index contributed by atoms with van der Waals surface area (Å²) < 4.78 is 44.0. The quantitative estimate of drug-likeness (QED) is 0.0304. The number of ether oxygens (including phenoxy) is 8. The number of carbonyl (C=O) groups is 7. The van der Waals surface area contributed by atoms with Crippen molar-refractivity contribution in [2.45, 2.75) is 30.7 Å². The van der Waals surface area contributed by atoms with Crippen molar-refractivity contribution in [2.24, 2.45) is 0 Å². The van der Waals surface area contributed by atoms with E-state index in [1.165, 1.54) is 0 Å². The Morgan fingerprint density at radius 3 is 0.831 bits per heavy atom. The van der Waals surface area contributed by atoms with Crippen LogP contribution in [-0.2, 0) is 28.4 Å². The number of hydrogen-bond acceptors (Lipinski definition) is 34. The Bertz CT molecular complexity index is 3980. The third kappa shape index (κ3) is 12.9. The lowest BCUT2D eigenvalue weighted by atomic mass is 9.97. The van der Waals surface area contributed by atoms with E-state index in [4.69, 9.17) is 37.9 Å². The van der Waals surface area contributed by atoms with Crippen LogP contribution in [0, 0.1) is 0 Å². The summed E-state index contributed by atoms with van der Waals surface area (Å²) in [6.07, 6.45) is -13.4. The summed E-state index contributed by atoms with van der Waals surface area (Å²) in [7, 11) is 0. The van der Waals surface area contributed by atoms with E-state index in [1.807, 2.05) is 0 Å². The van der Waals surface area contributed by atoms with Crippen LogP contribution in [-0.4, -0.2) is 176 Å². The molecule has 0 aliphatic carbocycles. The zero-order chi connectivity index (χ0) is 65.4. The van der Waals surface area contributed by atoms with E-state index in [0.717, 1.165) is 0 Å². The average molecular weight is 1240 g/mol. The van der Waals surface area contributed by atoms with Crippen molar-refractivity contribution in [3.8, 4) is 121 Å². The lowest BCUT2D eigenvalue weighted by Gasteiger charge is -2.43. The molecule has 0 radical (unpaired) electrons. The van der Waals surface area contributed by atoms with Gasteiger partial charge in [-0.3, -0.25) is 0 Å². The number of benzene rings is 7. The van der Waals surface area contributed by atoms with Crippen LogP contribution >= 0.6 is 0 Å². The van der Waals surface area contributed by atoms with Gasteiger partial charge >= 0.3 is 41.8 Å². The van der Waals surface area contributed by atoms with Crippen molar-refractivity contribution in [3.05, 3.63) is 124 Å². The molecule has 1 heterocycles. The molecular formula is C55H40O34. The standard InChI is InChI=1S/C55H40O34/c56-23-1-16(2-24(57)38(23)68)48(75)82-15-37-45(86-52(79)21-11-33(66)43(73)35(13-21)83-49(76)17-3-25(58)39(69)26(59)4-17)46(87-53(80)22-12-34(67)44(74)36(14-22)84-50(77)18-5-27(60)40(70)28(61)6-18)47(88-51(78)19-7-29(62)41(71)30(63)8-19)55(85-37)89-54(81)20-9-31(64)42(72)32(65)10-20/h1-14,37,45-47,55-74H,15H2. The molecule has 34 heteroatoms. The fourth-order valence-corrected chi connectivity index (χ4v) is 8.00. The van der Waals surface area contributed by atoms with E-state index in [2.05, 4.69) is 0 Å². The molecule has 89 heavy (non-hydrogen) atoms. The minimum atomic E-state index is -2.80. The van der Waals surface area contributed by atoms with Crippen LogP contribution in [0.1, 0.15) is 72.5 Å². The topological polar surface area (TPSA) is 578 Å². The molecule has 5 unspecified atom stereocenters. The summed E-state index contributed by atoms with van der Waals surface area (Å²) in [6.45, 7) is -1.43. The van der Waals surface area contributed by atoms with E-state index < -0.39 is 239 Å². The third-order valence-electron chi connectivity index (χ3n) is 12.4. The molecule has 8 rings (SSSR count). The van der Waals surface area contributed by atoms with Crippen LogP contribution in [0.5, 0.6) is 121 Å². The highest BCUT2D eigenvalue weighted by molar-refractivity contribution is 5.97. The smallest absolute Gasteiger partial charge is 0.343 e. The van der Waals surface area contributed by atoms with Gasteiger partial charge in [0.2, 0.25) is 23.9 Å². The first kappa shape index (κ1) is 62.0. The minimum absolute atomic E-state index is 0.405. The highest BCUT2D eigenvalue weighted by atomic mass is 16.7. The summed E-state index contributed by atoms with van der Waals surface area (Å²) in [5.74, 6) is -36.5. The van der Waals surface area contributed by atoms with Crippen molar-refractivity contribution in [3.63, 3.8) is 0 Å². The number of aromatic hydroxyl groups is 19. The predicted molar refractivity (Wildman–Crippen MR) is 279 cm³/mol. The Morgan fingerprint density at radius 1 is 0.281 bits per heavy atom. The Hall–Kier alpha value is -13.0. The molecule has 0 saturated carbocycles. The van der Waals surface area contributed by atoms with Gasteiger partial charge in [0, 0.05) is 0 Å². The zero-order valence-electron chi connectivity index (χ0n) is 43.8. The molecule has 5 atom stereocenters. The van der Waals surface area contributed by atoms with Gasteiger partial charge in [-0.15, -0.1) is 0 Å². The van der Waals surface area contributed by atoms with Gasteiger partial charge in [0.1, 0.15) is 12.7 Å². The number of hydrogen-bond donors (Lipinski definition) is 19. The van der Waals surface area contributed by atoms with Crippen molar-refractivity contribution < 1.29 is 168 Å². The van der Waals surface area contributed by atoms with E-state index in [1.54, 1.807) is 0 Å². The lowest BCUT2D eigenvalue weighted by Crippen LogP contribution is -2.63. The van der Waals surface area contributed by atoms with E-state index in [-0.39, 0.29) is 0 Å². The maximum Gasteiger partial charge on any atom is 0.343 e. The van der Waals surface area contributed by atoms with Gasteiger partial charge < -0.3 is 135 Å². The van der Waals surface area contributed by atoms with Gasteiger partial charge in [-0.25, -0.2) is 33.6 Å². The maximum absolute atomic E-state index is 14.7. The van der Waals surface area contributed by atoms with Crippen molar-refractivity contribution >= 4 is 41.8 Å². The number of phenols is 19. The Morgan fingerprint density at radius 2 is 0.517 bits per heavy atom. The molecule has 1 aliphatic heterocycles. The fraction of sp³-hybridized carbons (Fsp3) is 0.109. The number of esters is 7. The predicted octanol–water partition coefficient (Wildman–Crippen LogP) is 2.95. The van der Waals surface area contributed by atoms with Crippen molar-refractivity contribution in [2.75, 3.05) is 6.61 Å². The second-order valence-electron chi connectivity index (χ2n) is 18.4. The number of rotatable bonds is 15. The van der Waals surface area contributed by atoms with Gasteiger partial charge in [-0.2, -0.15) is 0 Å². The number of carbonyl (C=O) groups excluding carboxylic acids is 7. The van der Waals surface area contributed by atoms with Crippen molar-refractivity contribution in [1.82, 2.24) is 0 Å². The van der Waals surface area contributed by atoms with Crippen LogP contribution in [0.15, 0.2) is 84.9 Å². The van der Waals surface area contributed by atoms with Crippen LogP contribution in [0.25, 0.3) is 0 Å². The van der Waals surface area contributed by atoms with E-state index in [9.17, 15) is 131 Å². The molecule has 0 bridgehead atoms. The van der Waals surface area contributed by atoms with Crippen molar-refractivity contribution in [1.29, 1.82) is 0 Å². The first-order valence-electron chi connectivity index (χ1n) is 24.3. The molecule has 34 nitrogen and oxygen atoms in total. The largest absolute Gasteiger partial charge is 0.504 e. The summed E-state index contributed by atoms with van der Waals surface area (Å²) in [4.78, 5) is 97.6. The SMILES string of the molecule is O=C(OCC1OC(OC(=O)c2cc(O)c(O)c(O)c2)C(OC(=O)c2cc(O)c(O)c(O)c2)C(OC(=O)c2cc(O)c(O)c(OC(=O)c3cc(O)c(O)c(O)c3)c2)C1OC(=O)c1cc(O)c(O)c(OC(=O)c2cc(O)c(O)c(O)c2)c1)c1cc(O)c(O)c(O)c1. The van der Waals surface area contributed by atoms with Gasteiger partial charge in [0.25, 0.3) is 0 Å². The second kappa shape index (κ2) is 24.3. The summed E-state index contributed by atoms with van der Waals surface area (Å²) in [5, 5.41) is 194. The highest BCUT2D eigenvalue weighted by Crippen LogP contribution is 2.44. The average Bonchev–Trinajstić information content (AvgIpc) is 0.926. The normalized spacial score (nSPS) is 16.0. The second-order valence-corrected chi connectivity index (χ2v) is 18.4. The summed E-state index contributed by atoms with van der Waals surface area (Å²) in [6, 6.07) is 7.00. The third-order valence-corrected chi connectivity index (χ3v) is 12.4. The van der Waals surface area contributed by atoms with Crippen LogP contribution in [0.3, 0.4) is 0 Å². The molecule has 0 aromatic heterocycles. The molecule has 0 spiro atoms. The van der Waals surface area contributed by atoms with E-state index in [0.29, 0.717) is 84.9 Å². The Balaban J connectivity index is 1.29. The maximum atomic E-state index is 14.7. The van der Waals surface area contributed by atoms with Crippen LogP contribution < -0.4 is 9.47 Å². The molecule has 19 N–H and O–H groups in total.